The quantitative estimate of drug-likeness (QED) is 0.167. The molecule has 54 heavy (non-hydrogen) atoms. The third-order valence-corrected chi connectivity index (χ3v) is 11.7. The van der Waals surface area contributed by atoms with Gasteiger partial charge in [0.1, 0.15) is 0 Å². The van der Waals surface area contributed by atoms with Crippen molar-refractivity contribution in [3.63, 3.8) is 0 Å². The van der Waals surface area contributed by atoms with Gasteiger partial charge in [-0.15, -0.1) is 0 Å². The molecule has 1 nitrogen and oxygen atoms in total. The number of rotatable bonds is 4. The Morgan fingerprint density at radius 2 is 0.889 bits per heavy atom. The Kier molecular flexibility index (Phi) is 7.13. The number of para-hydroxylation sites is 1. The van der Waals surface area contributed by atoms with Gasteiger partial charge >= 0.3 is 0 Å². The van der Waals surface area contributed by atoms with E-state index in [9.17, 15) is 0 Å². The smallest absolute Gasteiger partial charge is 0.0443 e. The zero-order valence-electron chi connectivity index (χ0n) is 30.0. The Labute approximate surface area is 315 Å². The monoisotopic (exact) mass is 687 g/mol. The van der Waals surface area contributed by atoms with Crippen LogP contribution >= 0.6 is 0 Å². The van der Waals surface area contributed by atoms with Crippen molar-refractivity contribution >= 4 is 65.2 Å². The van der Waals surface area contributed by atoms with Crippen molar-refractivity contribution in [2.24, 2.45) is 0 Å². The zero-order chi connectivity index (χ0) is 35.6. The molecule has 0 atom stereocenters. The first kappa shape index (κ1) is 30.9. The lowest BCUT2D eigenvalue weighted by atomic mass is 9.81. The molecule has 10 aromatic carbocycles. The summed E-state index contributed by atoms with van der Waals surface area (Å²) in [6.45, 7) is 1.03. The third kappa shape index (κ3) is 4.93. The summed E-state index contributed by atoms with van der Waals surface area (Å²) in [6, 6.07) is 70.2. The van der Waals surface area contributed by atoms with Crippen molar-refractivity contribution < 1.29 is 0 Å². The van der Waals surface area contributed by atoms with Gasteiger partial charge in [0.05, 0.1) is 0 Å². The van der Waals surface area contributed by atoms with E-state index in [-0.39, 0.29) is 0 Å². The van der Waals surface area contributed by atoms with Crippen LogP contribution in [0.5, 0.6) is 0 Å². The molecule has 0 amide bonds. The fourth-order valence-electron chi connectivity index (χ4n) is 9.18. The van der Waals surface area contributed by atoms with Gasteiger partial charge in [-0.25, -0.2) is 0 Å². The summed E-state index contributed by atoms with van der Waals surface area (Å²) in [7, 11) is 0. The number of nitrogens with zero attached hydrogens (tertiary/aromatic N) is 1. The molecule has 1 aliphatic rings. The summed E-state index contributed by atoms with van der Waals surface area (Å²) >= 11 is 0. The zero-order valence-corrected chi connectivity index (χ0v) is 30.0. The molecule has 11 rings (SSSR count). The van der Waals surface area contributed by atoms with Crippen molar-refractivity contribution in [3.05, 3.63) is 194 Å². The number of benzene rings is 10. The van der Waals surface area contributed by atoms with Gasteiger partial charge < -0.3 is 4.90 Å². The van der Waals surface area contributed by atoms with Crippen LogP contribution in [0.2, 0.25) is 0 Å². The number of aryl methyl sites for hydroxylation is 1. The van der Waals surface area contributed by atoms with Crippen LogP contribution < -0.4 is 4.90 Å². The Balaban J connectivity index is 1.26. The highest BCUT2D eigenvalue weighted by molar-refractivity contribution is 6.33. The van der Waals surface area contributed by atoms with Crippen LogP contribution in [0.15, 0.2) is 188 Å². The highest BCUT2D eigenvalue weighted by Gasteiger charge is 2.23. The second-order valence-corrected chi connectivity index (χ2v) is 14.7. The molecule has 0 unspecified atom stereocenters. The molecule has 1 heterocycles. The van der Waals surface area contributed by atoms with E-state index in [0.29, 0.717) is 0 Å². The lowest BCUT2D eigenvalue weighted by molar-refractivity contribution is 0.767. The molecule has 254 valence electrons. The predicted molar refractivity (Wildman–Crippen MR) is 232 cm³/mol. The molecule has 0 radical (unpaired) electrons. The van der Waals surface area contributed by atoms with Crippen LogP contribution in [0.4, 0.5) is 11.4 Å². The van der Waals surface area contributed by atoms with Crippen molar-refractivity contribution in [3.8, 4) is 33.4 Å². The van der Waals surface area contributed by atoms with Gasteiger partial charge in [-0.3, -0.25) is 0 Å². The second kappa shape index (κ2) is 12.5. The van der Waals surface area contributed by atoms with E-state index < -0.39 is 0 Å². The molecule has 1 aliphatic heterocycles. The van der Waals surface area contributed by atoms with E-state index in [1.54, 1.807) is 0 Å². The van der Waals surface area contributed by atoms with Crippen LogP contribution in [-0.2, 0) is 6.42 Å². The van der Waals surface area contributed by atoms with Gasteiger partial charge in [0.15, 0.2) is 0 Å². The van der Waals surface area contributed by atoms with Gasteiger partial charge in [0.2, 0.25) is 0 Å². The maximum Gasteiger partial charge on any atom is 0.0443 e. The van der Waals surface area contributed by atoms with Crippen LogP contribution in [0, 0.1) is 0 Å². The fraction of sp³-hybridized carbons (Fsp3) is 0.0566. The molecule has 0 saturated carbocycles. The Bertz CT molecular complexity index is 3080. The Morgan fingerprint density at radius 1 is 0.370 bits per heavy atom. The van der Waals surface area contributed by atoms with Crippen molar-refractivity contribution in [1.29, 1.82) is 0 Å². The first-order chi connectivity index (χ1) is 26.8. The normalized spacial score (nSPS) is 12.9. The van der Waals surface area contributed by atoms with Gasteiger partial charge in [-0.2, -0.15) is 0 Å². The minimum Gasteiger partial charge on any atom is -0.341 e. The third-order valence-electron chi connectivity index (χ3n) is 11.7. The molecular weight excluding hydrogens is 651 g/mol. The standard InChI is InChI=1S/C53H37N/c1-3-15-39-32-41(25-23-35(39)12-1)48-34-49(42-26-24-36-13-2-4-16-40(36)33-42)52-46-20-8-6-18-44(46)45-19-7-9-21-47(45)53(52)51(48)38-27-29-43(30-28-38)54-31-11-17-37-14-5-10-22-50(37)54/h1-10,12-16,18-30,32-34H,11,17,31H2. The average molecular weight is 688 g/mol. The number of anilines is 2. The molecule has 1 heteroatoms. The van der Waals surface area contributed by atoms with Gasteiger partial charge in [0, 0.05) is 17.9 Å². The van der Waals surface area contributed by atoms with Crippen LogP contribution in [0.25, 0.3) is 87.2 Å². The number of hydrogen-bond acceptors (Lipinski definition) is 1. The molecule has 0 saturated heterocycles. The Hall–Kier alpha value is -6.70. The summed E-state index contributed by atoms with van der Waals surface area (Å²) < 4.78 is 0. The lowest BCUT2D eigenvalue weighted by Crippen LogP contribution is -2.24. The Morgan fingerprint density at radius 3 is 1.56 bits per heavy atom. The summed E-state index contributed by atoms with van der Waals surface area (Å²) in [6.07, 6.45) is 2.29. The minimum atomic E-state index is 1.03. The van der Waals surface area contributed by atoms with Crippen molar-refractivity contribution in [1.82, 2.24) is 0 Å². The molecule has 10 aromatic rings. The van der Waals surface area contributed by atoms with Crippen LogP contribution in [-0.4, -0.2) is 6.54 Å². The molecule has 0 aromatic heterocycles. The summed E-state index contributed by atoms with van der Waals surface area (Å²) in [4.78, 5) is 2.50. The van der Waals surface area contributed by atoms with E-state index >= 15 is 0 Å². The average Bonchev–Trinajstić information content (AvgIpc) is 3.25. The molecule has 0 spiro atoms. The number of hydrogen-bond donors (Lipinski definition) is 0. The number of fused-ring (bicyclic) bond motifs is 9. The van der Waals surface area contributed by atoms with Crippen LogP contribution in [0.1, 0.15) is 12.0 Å². The second-order valence-electron chi connectivity index (χ2n) is 14.7. The molecule has 0 bridgehead atoms. The molecule has 0 fully saturated rings. The van der Waals surface area contributed by atoms with E-state index in [1.165, 1.54) is 104 Å². The molecule has 0 aliphatic carbocycles. The SMILES string of the molecule is c1ccc2c(c1)CCCN2c1ccc(-c2c(-c3ccc4ccccc4c3)cc(-c3ccc4ccccc4c3)c3c4ccccc4c4ccccc4c23)cc1. The largest absolute Gasteiger partial charge is 0.341 e. The maximum atomic E-state index is 2.50. The van der Waals surface area contributed by atoms with E-state index in [4.69, 9.17) is 0 Å². The van der Waals surface area contributed by atoms with Gasteiger partial charge in [0.25, 0.3) is 0 Å². The van der Waals surface area contributed by atoms with Crippen molar-refractivity contribution in [2.45, 2.75) is 12.8 Å². The van der Waals surface area contributed by atoms with Gasteiger partial charge in [-0.05, 0) is 142 Å². The van der Waals surface area contributed by atoms with Gasteiger partial charge in [-0.1, -0.05) is 152 Å². The molecule has 0 N–H and O–H groups in total. The first-order valence-corrected chi connectivity index (χ1v) is 19.1. The summed E-state index contributed by atoms with van der Waals surface area (Å²) in [5.41, 5.74) is 11.5. The lowest BCUT2D eigenvalue weighted by Gasteiger charge is -2.31. The highest BCUT2D eigenvalue weighted by atomic mass is 15.1. The maximum absolute atomic E-state index is 2.50. The van der Waals surface area contributed by atoms with E-state index in [2.05, 4.69) is 193 Å². The summed E-state index contributed by atoms with van der Waals surface area (Å²) in [5.74, 6) is 0. The topological polar surface area (TPSA) is 3.24 Å². The predicted octanol–water partition coefficient (Wildman–Crippen LogP) is 14.5. The first-order valence-electron chi connectivity index (χ1n) is 19.1. The minimum absolute atomic E-state index is 1.03. The molecular formula is C53H37N. The highest BCUT2D eigenvalue weighted by Crippen LogP contribution is 2.50. The summed E-state index contributed by atoms with van der Waals surface area (Å²) in [5, 5.41) is 12.7. The van der Waals surface area contributed by atoms with Crippen molar-refractivity contribution in [2.75, 3.05) is 11.4 Å². The van der Waals surface area contributed by atoms with Crippen LogP contribution in [0.3, 0.4) is 0 Å². The van der Waals surface area contributed by atoms with E-state index in [1.807, 2.05) is 0 Å². The van der Waals surface area contributed by atoms with E-state index in [0.717, 1.165) is 19.4 Å². The fourth-order valence-corrected chi connectivity index (χ4v) is 9.18.